The maximum atomic E-state index is 12.5. The molecule has 7 nitrogen and oxygen atoms in total. The maximum Gasteiger partial charge on any atom is 0.245 e. The van der Waals surface area contributed by atoms with E-state index in [2.05, 4.69) is 15.5 Å². The zero-order valence-electron chi connectivity index (χ0n) is 12.9. The average Bonchev–Trinajstić information content (AvgIpc) is 2.92. The van der Waals surface area contributed by atoms with Crippen LogP contribution in [0, 0.1) is 6.92 Å². The minimum Gasteiger partial charge on any atom is -0.376 e. The van der Waals surface area contributed by atoms with Crippen molar-refractivity contribution >= 4 is 15.7 Å². The first kappa shape index (κ1) is 16.4. The summed E-state index contributed by atoms with van der Waals surface area (Å²) in [7, 11) is -3.46. The standard InChI is InChI=1S/C14H20N4O3S/c1-4-18(5-2)22(19,20)13-8-6-7-12(9-13)15-10-14-16-11(3)17-21-14/h6-9,15H,4-5,10H2,1-3H3. The predicted molar refractivity (Wildman–Crippen MR) is 82.9 cm³/mol. The van der Waals surface area contributed by atoms with E-state index in [1.54, 1.807) is 31.2 Å². The number of nitrogens with one attached hydrogen (secondary N) is 1. The first-order chi connectivity index (χ1) is 10.5. The number of sulfonamides is 1. The second-order valence-electron chi connectivity index (χ2n) is 4.71. The van der Waals surface area contributed by atoms with Crippen molar-refractivity contribution in [1.82, 2.24) is 14.4 Å². The Balaban J connectivity index is 2.16. The van der Waals surface area contributed by atoms with E-state index in [0.717, 1.165) is 0 Å². The summed E-state index contributed by atoms with van der Waals surface area (Å²) in [6.45, 7) is 6.61. The van der Waals surface area contributed by atoms with Gasteiger partial charge in [-0.25, -0.2) is 8.42 Å². The number of aromatic nitrogens is 2. The summed E-state index contributed by atoms with van der Waals surface area (Å²) in [5, 5.41) is 6.78. The largest absolute Gasteiger partial charge is 0.376 e. The number of nitrogens with zero attached hydrogens (tertiary/aromatic N) is 3. The van der Waals surface area contributed by atoms with Crippen molar-refractivity contribution in [3.8, 4) is 0 Å². The van der Waals surface area contributed by atoms with Gasteiger partial charge < -0.3 is 9.84 Å². The van der Waals surface area contributed by atoms with E-state index in [1.165, 1.54) is 4.31 Å². The van der Waals surface area contributed by atoms with Crippen molar-refractivity contribution in [2.24, 2.45) is 0 Å². The molecule has 2 aromatic rings. The summed E-state index contributed by atoms with van der Waals surface area (Å²) in [5.41, 5.74) is 0.684. The van der Waals surface area contributed by atoms with Gasteiger partial charge in [0.15, 0.2) is 5.82 Å². The summed E-state index contributed by atoms with van der Waals surface area (Å²) in [6.07, 6.45) is 0. The number of benzene rings is 1. The Bertz CT molecular complexity index is 723. The zero-order chi connectivity index (χ0) is 16.2. The van der Waals surface area contributed by atoms with Gasteiger partial charge in [-0.2, -0.15) is 9.29 Å². The Kier molecular flexibility index (Phi) is 5.15. The minimum absolute atomic E-state index is 0.267. The molecule has 1 N–H and O–H groups in total. The van der Waals surface area contributed by atoms with E-state index < -0.39 is 10.0 Å². The molecule has 0 saturated heterocycles. The van der Waals surface area contributed by atoms with Crippen molar-refractivity contribution in [3.63, 3.8) is 0 Å². The molecule has 1 aromatic carbocycles. The third-order valence-electron chi connectivity index (χ3n) is 3.19. The lowest BCUT2D eigenvalue weighted by molar-refractivity contribution is 0.379. The molecule has 2 rings (SSSR count). The van der Waals surface area contributed by atoms with Gasteiger partial charge in [0.1, 0.15) is 0 Å². The summed E-state index contributed by atoms with van der Waals surface area (Å²) >= 11 is 0. The topological polar surface area (TPSA) is 88.3 Å². The highest BCUT2D eigenvalue weighted by molar-refractivity contribution is 7.89. The number of hydrogen-bond acceptors (Lipinski definition) is 6. The number of rotatable bonds is 7. The van der Waals surface area contributed by atoms with Crippen molar-refractivity contribution in [2.75, 3.05) is 18.4 Å². The molecule has 0 aliphatic carbocycles. The SMILES string of the molecule is CCN(CC)S(=O)(=O)c1cccc(NCc2nc(C)no2)c1. The molecule has 0 spiro atoms. The predicted octanol–water partition coefficient (Wildman–Crippen LogP) is 2.02. The fourth-order valence-electron chi connectivity index (χ4n) is 2.07. The van der Waals surface area contributed by atoms with E-state index >= 15 is 0 Å². The Hall–Kier alpha value is -1.93. The Morgan fingerprint density at radius 1 is 1.27 bits per heavy atom. The lowest BCUT2D eigenvalue weighted by Crippen LogP contribution is -2.30. The van der Waals surface area contributed by atoms with Crippen molar-refractivity contribution in [2.45, 2.75) is 32.2 Å². The van der Waals surface area contributed by atoms with Gasteiger partial charge in [-0.05, 0) is 25.1 Å². The second-order valence-corrected chi connectivity index (χ2v) is 6.64. The van der Waals surface area contributed by atoms with Gasteiger partial charge in [0.25, 0.3) is 0 Å². The molecule has 0 aliphatic rings. The molecule has 0 atom stereocenters. The fraction of sp³-hybridized carbons (Fsp3) is 0.429. The van der Waals surface area contributed by atoms with Crippen LogP contribution in [0.1, 0.15) is 25.6 Å². The Labute approximate surface area is 130 Å². The van der Waals surface area contributed by atoms with Crippen LogP contribution in [0.15, 0.2) is 33.7 Å². The van der Waals surface area contributed by atoms with E-state index in [4.69, 9.17) is 4.52 Å². The van der Waals surface area contributed by atoms with Crippen molar-refractivity contribution < 1.29 is 12.9 Å². The zero-order valence-corrected chi connectivity index (χ0v) is 13.7. The highest BCUT2D eigenvalue weighted by atomic mass is 32.2. The van der Waals surface area contributed by atoms with Gasteiger partial charge in [-0.15, -0.1) is 0 Å². The lowest BCUT2D eigenvalue weighted by atomic mass is 10.3. The first-order valence-electron chi connectivity index (χ1n) is 7.10. The molecule has 0 bridgehead atoms. The maximum absolute atomic E-state index is 12.5. The minimum atomic E-state index is -3.46. The van der Waals surface area contributed by atoms with Crippen LogP contribution in [-0.2, 0) is 16.6 Å². The molecule has 0 fully saturated rings. The highest BCUT2D eigenvalue weighted by Crippen LogP contribution is 2.19. The molecule has 8 heteroatoms. The van der Waals surface area contributed by atoms with Crippen LogP contribution >= 0.6 is 0 Å². The number of aryl methyl sites for hydroxylation is 1. The normalized spacial score (nSPS) is 11.8. The van der Waals surface area contributed by atoms with Gasteiger partial charge in [0, 0.05) is 18.8 Å². The number of anilines is 1. The van der Waals surface area contributed by atoms with Crippen LogP contribution in [0.2, 0.25) is 0 Å². The van der Waals surface area contributed by atoms with E-state index in [1.807, 2.05) is 13.8 Å². The third kappa shape index (κ3) is 3.63. The monoisotopic (exact) mass is 324 g/mol. The third-order valence-corrected chi connectivity index (χ3v) is 5.24. The number of hydrogen-bond donors (Lipinski definition) is 1. The van der Waals surface area contributed by atoms with Gasteiger partial charge in [0.05, 0.1) is 11.4 Å². The summed E-state index contributed by atoms with van der Waals surface area (Å²) < 4.78 is 31.4. The summed E-state index contributed by atoms with van der Waals surface area (Å²) in [4.78, 5) is 4.35. The smallest absolute Gasteiger partial charge is 0.245 e. The quantitative estimate of drug-likeness (QED) is 0.838. The first-order valence-corrected chi connectivity index (χ1v) is 8.54. The molecule has 1 heterocycles. The molecular weight excluding hydrogens is 304 g/mol. The van der Waals surface area contributed by atoms with Crippen LogP contribution in [0.3, 0.4) is 0 Å². The van der Waals surface area contributed by atoms with Crippen molar-refractivity contribution in [1.29, 1.82) is 0 Å². The molecule has 1 aromatic heterocycles. The Morgan fingerprint density at radius 2 is 2.00 bits per heavy atom. The fourth-order valence-corrected chi connectivity index (χ4v) is 3.57. The molecule has 0 amide bonds. The molecule has 22 heavy (non-hydrogen) atoms. The van der Waals surface area contributed by atoms with Crippen molar-refractivity contribution in [3.05, 3.63) is 36.0 Å². The van der Waals surface area contributed by atoms with E-state index in [0.29, 0.717) is 37.0 Å². The van der Waals surface area contributed by atoms with Gasteiger partial charge in [-0.3, -0.25) is 0 Å². The second kappa shape index (κ2) is 6.89. The van der Waals surface area contributed by atoms with Crippen LogP contribution in [-0.4, -0.2) is 36.0 Å². The van der Waals surface area contributed by atoms with Crippen LogP contribution in [0.25, 0.3) is 0 Å². The van der Waals surface area contributed by atoms with Crippen LogP contribution in [0.4, 0.5) is 5.69 Å². The van der Waals surface area contributed by atoms with Gasteiger partial charge in [0.2, 0.25) is 15.9 Å². The molecule has 0 radical (unpaired) electrons. The van der Waals surface area contributed by atoms with Crippen LogP contribution in [0.5, 0.6) is 0 Å². The summed E-state index contributed by atoms with van der Waals surface area (Å²) in [5.74, 6) is 1.02. The highest BCUT2D eigenvalue weighted by Gasteiger charge is 2.21. The van der Waals surface area contributed by atoms with Gasteiger partial charge >= 0.3 is 0 Å². The van der Waals surface area contributed by atoms with E-state index in [9.17, 15) is 8.42 Å². The molecule has 0 saturated carbocycles. The Morgan fingerprint density at radius 3 is 2.59 bits per heavy atom. The van der Waals surface area contributed by atoms with Gasteiger partial charge in [-0.1, -0.05) is 25.1 Å². The molecule has 0 unspecified atom stereocenters. The molecule has 120 valence electrons. The molecular formula is C14H20N4O3S. The lowest BCUT2D eigenvalue weighted by Gasteiger charge is -2.18. The van der Waals surface area contributed by atoms with E-state index in [-0.39, 0.29) is 4.90 Å². The molecule has 0 aliphatic heterocycles. The van der Waals surface area contributed by atoms with Crippen LogP contribution < -0.4 is 5.32 Å². The summed E-state index contributed by atoms with van der Waals surface area (Å²) in [6, 6.07) is 6.70. The average molecular weight is 324 g/mol.